The summed E-state index contributed by atoms with van der Waals surface area (Å²) < 4.78 is 31.9. The molecule has 4 rings (SSSR count). The summed E-state index contributed by atoms with van der Waals surface area (Å²) in [6.45, 7) is 1.42. The third kappa shape index (κ3) is 4.42. The van der Waals surface area contributed by atoms with Crippen LogP contribution in [0.15, 0.2) is 53.4 Å². The Bertz CT molecular complexity index is 1080. The first-order valence-corrected chi connectivity index (χ1v) is 11.7. The number of methoxy groups -OCH3 is 1. The van der Waals surface area contributed by atoms with Gasteiger partial charge in [0, 0.05) is 43.4 Å². The highest BCUT2D eigenvalue weighted by Crippen LogP contribution is 2.26. The molecular formula is C22H25N3O5S. The van der Waals surface area contributed by atoms with Crippen molar-refractivity contribution >= 4 is 27.5 Å². The van der Waals surface area contributed by atoms with Crippen molar-refractivity contribution in [3.8, 4) is 5.75 Å². The molecule has 0 bridgehead atoms. The van der Waals surface area contributed by atoms with Crippen LogP contribution in [-0.2, 0) is 14.8 Å². The van der Waals surface area contributed by atoms with Crippen LogP contribution in [0.1, 0.15) is 29.6 Å². The first-order chi connectivity index (χ1) is 14.9. The zero-order chi connectivity index (χ0) is 22.0. The van der Waals surface area contributed by atoms with Gasteiger partial charge in [0.15, 0.2) is 0 Å². The number of rotatable bonds is 6. The summed E-state index contributed by atoms with van der Waals surface area (Å²) in [6.07, 6.45) is 1.93. The molecule has 8 nitrogen and oxygen atoms in total. The normalized spacial score (nSPS) is 19.6. The monoisotopic (exact) mass is 443 g/mol. The largest absolute Gasteiger partial charge is 0.497 e. The molecule has 2 fully saturated rings. The highest BCUT2D eigenvalue weighted by Gasteiger charge is 2.32. The second kappa shape index (κ2) is 8.68. The van der Waals surface area contributed by atoms with E-state index in [2.05, 4.69) is 5.32 Å². The molecule has 0 aromatic heterocycles. The molecule has 1 unspecified atom stereocenters. The van der Waals surface area contributed by atoms with Gasteiger partial charge in [-0.25, -0.2) is 8.42 Å². The number of hydrogen-bond acceptors (Lipinski definition) is 5. The third-order valence-corrected chi connectivity index (χ3v) is 7.56. The highest BCUT2D eigenvalue weighted by atomic mass is 32.2. The van der Waals surface area contributed by atoms with Crippen LogP contribution < -0.4 is 15.0 Å². The van der Waals surface area contributed by atoms with Gasteiger partial charge in [0.25, 0.3) is 5.91 Å². The van der Waals surface area contributed by atoms with Crippen LogP contribution in [-0.4, -0.2) is 57.3 Å². The SMILES string of the molecule is COc1cccc(N2CC(NC(=O)c3ccc(S(=O)(=O)N4CCCC4)cc3)CC2=O)c1. The summed E-state index contributed by atoms with van der Waals surface area (Å²) in [6, 6.07) is 12.8. The van der Waals surface area contributed by atoms with E-state index >= 15 is 0 Å². The number of anilines is 1. The van der Waals surface area contributed by atoms with Gasteiger partial charge in [-0.1, -0.05) is 6.07 Å². The van der Waals surface area contributed by atoms with E-state index in [1.807, 2.05) is 12.1 Å². The lowest BCUT2D eigenvalue weighted by Crippen LogP contribution is -2.37. The number of nitrogens with one attached hydrogen (secondary N) is 1. The minimum absolute atomic E-state index is 0.0781. The van der Waals surface area contributed by atoms with Gasteiger partial charge in [0.1, 0.15) is 5.75 Å². The summed E-state index contributed by atoms with van der Waals surface area (Å²) in [7, 11) is -1.95. The zero-order valence-electron chi connectivity index (χ0n) is 17.3. The summed E-state index contributed by atoms with van der Waals surface area (Å²) in [4.78, 5) is 26.9. The van der Waals surface area contributed by atoms with Crippen LogP contribution in [0.2, 0.25) is 0 Å². The lowest BCUT2D eigenvalue weighted by atomic mass is 10.2. The summed E-state index contributed by atoms with van der Waals surface area (Å²) in [5.41, 5.74) is 1.07. The second-order valence-electron chi connectivity index (χ2n) is 7.72. The molecule has 9 heteroatoms. The fraction of sp³-hybridized carbons (Fsp3) is 0.364. The van der Waals surface area contributed by atoms with Crippen molar-refractivity contribution in [2.45, 2.75) is 30.2 Å². The van der Waals surface area contributed by atoms with Crippen molar-refractivity contribution in [2.24, 2.45) is 0 Å². The maximum absolute atomic E-state index is 12.6. The minimum atomic E-state index is -3.51. The maximum atomic E-state index is 12.6. The van der Waals surface area contributed by atoms with Crippen molar-refractivity contribution in [1.29, 1.82) is 0 Å². The standard InChI is InChI=1S/C22H25N3O5S/c1-30-19-6-4-5-18(14-19)25-15-17(13-21(25)26)23-22(27)16-7-9-20(10-8-16)31(28,29)24-11-2-3-12-24/h4-10,14,17H,2-3,11-13,15H2,1H3,(H,23,27). The van der Waals surface area contributed by atoms with Crippen LogP contribution in [0.3, 0.4) is 0 Å². The van der Waals surface area contributed by atoms with Crippen molar-refractivity contribution < 1.29 is 22.7 Å². The Hall–Kier alpha value is -2.91. The van der Waals surface area contributed by atoms with Crippen molar-refractivity contribution in [2.75, 3.05) is 31.6 Å². The van der Waals surface area contributed by atoms with E-state index < -0.39 is 10.0 Å². The molecule has 164 valence electrons. The molecule has 1 atom stereocenters. The van der Waals surface area contributed by atoms with Gasteiger partial charge >= 0.3 is 0 Å². The molecule has 2 aromatic carbocycles. The Balaban J connectivity index is 1.41. The van der Waals surface area contributed by atoms with Crippen LogP contribution in [0, 0.1) is 0 Å². The number of carbonyl (C=O) groups is 2. The smallest absolute Gasteiger partial charge is 0.251 e. The molecule has 0 spiro atoms. The first kappa shape index (κ1) is 21.3. The average molecular weight is 444 g/mol. The van der Waals surface area contributed by atoms with E-state index in [0.29, 0.717) is 30.9 Å². The molecule has 2 aliphatic heterocycles. The van der Waals surface area contributed by atoms with Gasteiger partial charge < -0.3 is 15.0 Å². The van der Waals surface area contributed by atoms with Gasteiger partial charge in [0.05, 0.1) is 18.0 Å². The fourth-order valence-corrected chi connectivity index (χ4v) is 5.47. The van der Waals surface area contributed by atoms with E-state index in [9.17, 15) is 18.0 Å². The molecule has 2 aliphatic rings. The average Bonchev–Trinajstić information content (AvgIpc) is 3.44. The van der Waals surface area contributed by atoms with E-state index in [1.165, 1.54) is 28.6 Å². The minimum Gasteiger partial charge on any atom is -0.497 e. The topological polar surface area (TPSA) is 96.0 Å². The predicted molar refractivity (Wildman–Crippen MR) is 116 cm³/mol. The second-order valence-corrected chi connectivity index (χ2v) is 9.65. The molecule has 2 saturated heterocycles. The molecule has 2 heterocycles. The molecular weight excluding hydrogens is 418 g/mol. The van der Waals surface area contributed by atoms with Crippen molar-refractivity contribution in [3.05, 3.63) is 54.1 Å². The lowest BCUT2D eigenvalue weighted by Gasteiger charge is -2.18. The number of carbonyl (C=O) groups excluding carboxylic acids is 2. The first-order valence-electron chi connectivity index (χ1n) is 10.2. The number of sulfonamides is 1. The highest BCUT2D eigenvalue weighted by molar-refractivity contribution is 7.89. The van der Waals surface area contributed by atoms with Gasteiger partial charge in [0.2, 0.25) is 15.9 Å². The fourth-order valence-electron chi connectivity index (χ4n) is 3.96. The van der Waals surface area contributed by atoms with Crippen LogP contribution in [0.4, 0.5) is 5.69 Å². The number of nitrogens with zero attached hydrogens (tertiary/aromatic N) is 2. The summed E-state index contributed by atoms with van der Waals surface area (Å²) >= 11 is 0. The number of ether oxygens (including phenoxy) is 1. The van der Waals surface area contributed by atoms with Gasteiger partial charge in [-0.15, -0.1) is 0 Å². The van der Waals surface area contributed by atoms with Crippen LogP contribution in [0.5, 0.6) is 5.75 Å². The van der Waals surface area contributed by atoms with E-state index in [-0.39, 0.29) is 29.2 Å². The van der Waals surface area contributed by atoms with Crippen LogP contribution >= 0.6 is 0 Å². The molecule has 0 aliphatic carbocycles. The molecule has 2 amide bonds. The van der Waals surface area contributed by atoms with Gasteiger partial charge in [-0.3, -0.25) is 9.59 Å². The van der Waals surface area contributed by atoms with E-state index in [4.69, 9.17) is 4.74 Å². The Morgan fingerprint density at radius 1 is 1.10 bits per heavy atom. The molecule has 1 N–H and O–H groups in total. The summed E-state index contributed by atoms with van der Waals surface area (Å²) in [5, 5.41) is 2.87. The number of hydrogen-bond donors (Lipinski definition) is 1. The number of amides is 2. The predicted octanol–water partition coefficient (Wildman–Crippen LogP) is 2.01. The van der Waals surface area contributed by atoms with E-state index in [1.54, 1.807) is 24.1 Å². The van der Waals surface area contributed by atoms with Crippen molar-refractivity contribution in [1.82, 2.24) is 9.62 Å². The Kier molecular flexibility index (Phi) is 5.97. The zero-order valence-corrected chi connectivity index (χ0v) is 18.1. The third-order valence-electron chi connectivity index (χ3n) is 5.64. The Labute approximate surface area is 181 Å². The molecule has 2 aromatic rings. The lowest BCUT2D eigenvalue weighted by molar-refractivity contribution is -0.117. The van der Waals surface area contributed by atoms with Crippen molar-refractivity contribution in [3.63, 3.8) is 0 Å². The van der Waals surface area contributed by atoms with Gasteiger partial charge in [-0.2, -0.15) is 4.31 Å². The maximum Gasteiger partial charge on any atom is 0.251 e. The molecule has 0 saturated carbocycles. The molecule has 0 radical (unpaired) electrons. The molecule has 31 heavy (non-hydrogen) atoms. The number of benzene rings is 2. The van der Waals surface area contributed by atoms with Crippen LogP contribution in [0.25, 0.3) is 0 Å². The Morgan fingerprint density at radius 3 is 2.48 bits per heavy atom. The van der Waals surface area contributed by atoms with Gasteiger partial charge in [-0.05, 0) is 49.2 Å². The van der Waals surface area contributed by atoms with E-state index in [0.717, 1.165) is 18.5 Å². The summed E-state index contributed by atoms with van der Waals surface area (Å²) in [5.74, 6) is 0.239. The quantitative estimate of drug-likeness (QED) is 0.737. The Morgan fingerprint density at radius 2 is 1.81 bits per heavy atom.